The van der Waals surface area contributed by atoms with E-state index in [0.717, 1.165) is 5.69 Å². The fourth-order valence-electron chi connectivity index (χ4n) is 1.99. The van der Waals surface area contributed by atoms with Crippen molar-refractivity contribution in [3.63, 3.8) is 0 Å². The number of fused-ring (bicyclic) bond motifs is 1. The van der Waals surface area contributed by atoms with Gasteiger partial charge in [-0.05, 0) is 12.1 Å². The molecule has 3 aromatic rings. The van der Waals surface area contributed by atoms with Crippen molar-refractivity contribution in [3.05, 3.63) is 60.9 Å². The molecule has 0 N–H and O–H groups in total. The molecule has 1 radical (unpaired) electrons. The van der Waals surface area contributed by atoms with Crippen LogP contribution in [0.15, 0.2) is 54.9 Å². The van der Waals surface area contributed by atoms with Crippen LogP contribution in [-0.4, -0.2) is 9.13 Å². The quantitative estimate of drug-likeness (QED) is 0.556. The topological polar surface area (TPSA) is 9.86 Å². The SMILES string of the molecule is Cn1[cH+]n(-c2[c-]cccc2)c2ccccc21.[Ir]. The maximum Gasteiger partial charge on any atom is 0.188 e. The molecule has 0 saturated heterocycles. The number of aromatic nitrogens is 2. The van der Waals surface area contributed by atoms with Gasteiger partial charge in [0.25, 0.3) is 0 Å². The van der Waals surface area contributed by atoms with E-state index in [9.17, 15) is 0 Å². The van der Waals surface area contributed by atoms with E-state index in [4.69, 9.17) is 0 Å². The zero-order valence-corrected chi connectivity index (χ0v) is 11.8. The molecular weight excluding hydrogens is 388 g/mol. The summed E-state index contributed by atoms with van der Waals surface area (Å²) in [6, 6.07) is 19.6. The summed E-state index contributed by atoms with van der Waals surface area (Å²) in [5.41, 5.74) is 3.49. The Balaban J connectivity index is 0.00000108. The van der Waals surface area contributed by atoms with Gasteiger partial charge in [0, 0.05) is 45.0 Å². The van der Waals surface area contributed by atoms with Crippen molar-refractivity contribution in [2.75, 3.05) is 0 Å². The summed E-state index contributed by atoms with van der Waals surface area (Å²) in [4.78, 5) is 0. The van der Waals surface area contributed by atoms with Crippen molar-refractivity contribution in [3.8, 4) is 5.69 Å². The molecule has 0 aliphatic rings. The Bertz CT molecular complexity index is 629. The minimum absolute atomic E-state index is 0. The Kier molecular flexibility index (Phi) is 3.41. The molecule has 0 atom stereocenters. The van der Waals surface area contributed by atoms with Gasteiger partial charge >= 0.3 is 0 Å². The van der Waals surface area contributed by atoms with Crippen molar-refractivity contribution in [1.29, 1.82) is 0 Å². The van der Waals surface area contributed by atoms with Crippen LogP contribution in [0, 0.1) is 6.07 Å². The third-order valence-electron chi connectivity index (χ3n) is 2.76. The van der Waals surface area contributed by atoms with Gasteiger partial charge in [-0.25, -0.2) is 9.13 Å². The van der Waals surface area contributed by atoms with E-state index in [1.807, 2.05) is 18.2 Å². The van der Waals surface area contributed by atoms with Crippen LogP contribution in [0.25, 0.3) is 16.7 Å². The number of rotatable bonds is 1. The second-order valence-electron chi connectivity index (χ2n) is 3.83. The van der Waals surface area contributed by atoms with Crippen LogP contribution in [0.4, 0.5) is 0 Å². The first kappa shape index (κ1) is 12.0. The number of para-hydroxylation sites is 3. The molecule has 0 aliphatic carbocycles. The van der Waals surface area contributed by atoms with Gasteiger partial charge in [0.05, 0.1) is 0 Å². The van der Waals surface area contributed by atoms with Gasteiger partial charge < -0.3 is 0 Å². The minimum atomic E-state index is 0. The number of hydrogen-bond acceptors (Lipinski definition) is 0. The molecule has 1 heterocycles. The van der Waals surface area contributed by atoms with Gasteiger partial charge in [-0.2, -0.15) is 18.2 Å². The van der Waals surface area contributed by atoms with Crippen molar-refractivity contribution < 1.29 is 20.1 Å². The first-order valence-corrected chi connectivity index (χ1v) is 5.29. The van der Waals surface area contributed by atoms with Crippen LogP contribution >= 0.6 is 0 Å². The van der Waals surface area contributed by atoms with Gasteiger partial charge in [0.2, 0.25) is 0 Å². The standard InChI is InChI=1S/C14H12N2.Ir/c1-15-11-16(12-7-3-2-4-8-12)14-10-6-5-9-13(14)15;/h2-7,9-11H,1H3;. The van der Waals surface area contributed by atoms with E-state index >= 15 is 0 Å². The summed E-state index contributed by atoms with van der Waals surface area (Å²) in [5, 5.41) is 0. The molecule has 0 bridgehead atoms. The minimum Gasteiger partial charge on any atom is -0.248 e. The van der Waals surface area contributed by atoms with Gasteiger partial charge in [-0.15, -0.1) is 12.1 Å². The van der Waals surface area contributed by atoms with Crippen LogP contribution < -0.4 is 0 Å². The summed E-state index contributed by atoms with van der Waals surface area (Å²) < 4.78 is 4.27. The van der Waals surface area contributed by atoms with Gasteiger partial charge in [-0.1, -0.05) is 0 Å². The Labute approximate surface area is 114 Å². The third kappa shape index (κ3) is 2.04. The zero-order chi connectivity index (χ0) is 11.0. The second-order valence-corrected chi connectivity index (χ2v) is 3.83. The fraction of sp³-hybridized carbons (Fsp3) is 0.0714. The molecule has 0 amide bonds. The van der Waals surface area contributed by atoms with E-state index < -0.39 is 0 Å². The number of imidazole rings is 1. The first-order chi connectivity index (χ1) is 7.86. The molecule has 0 fully saturated rings. The molecular formula is C14H12IrN2. The number of hydrogen-bond donors (Lipinski definition) is 0. The summed E-state index contributed by atoms with van der Waals surface area (Å²) in [5.74, 6) is 0. The van der Waals surface area contributed by atoms with Crippen LogP contribution in [0.5, 0.6) is 0 Å². The molecule has 1 aromatic heterocycles. The van der Waals surface area contributed by atoms with Crippen LogP contribution in [0.2, 0.25) is 0 Å². The van der Waals surface area contributed by atoms with Gasteiger partial charge in [-0.3, -0.25) is 0 Å². The largest absolute Gasteiger partial charge is 0.248 e. The third-order valence-corrected chi connectivity index (χ3v) is 2.76. The average molecular weight is 400 g/mol. The Morgan fingerprint density at radius 3 is 2.41 bits per heavy atom. The van der Waals surface area contributed by atoms with E-state index in [0.29, 0.717) is 0 Å². The Hall–Kier alpha value is -1.44. The molecule has 0 spiro atoms. The van der Waals surface area contributed by atoms with Crippen molar-refractivity contribution in [2.24, 2.45) is 7.05 Å². The average Bonchev–Trinajstić information content (AvgIpc) is 2.69. The summed E-state index contributed by atoms with van der Waals surface area (Å²) >= 11 is 0. The predicted octanol–water partition coefficient (Wildman–Crippen LogP) is 3.05. The molecule has 0 saturated carbocycles. The number of benzene rings is 2. The molecule has 3 heteroatoms. The predicted molar refractivity (Wildman–Crippen MR) is 65.5 cm³/mol. The smallest absolute Gasteiger partial charge is 0.188 e. The number of nitrogens with zero attached hydrogens (tertiary/aromatic N) is 2. The van der Waals surface area contributed by atoms with E-state index in [1.54, 1.807) is 0 Å². The molecule has 2 nitrogen and oxygen atoms in total. The molecule has 87 valence electrons. The fourth-order valence-corrected chi connectivity index (χ4v) is 1.99. The van der Waals surface area contributed by atoms with Crippen LogP contribution in [-0.2, 0) is 27.2 Å². The molecule has 2 aromatic carbocycles. The maximum absolute atomic E-state index is 3.24. The summed E-state index contributed by atoms with van der Waals surface area (Å²) in [6.45, 7) is 0. The van der Waals surface area contributed by atoms with Gasteiger partial charge in [0.15, 0.2) is 17.4 Å². The zero-order valence-electron chi connectivity index (χ0n) is 9.42. The summed E-state index contributed by atoms with van der Waals surface area (Å²) in [6.07, 6.45) is 2.08. The molecule has 0 unspecified atom stereocenters. The normalized spacial score (nSPS) is 10.2. The van der Waals surface area contributed by atoms with Crippen LogP contribution in [0.3, 0.4) is 0 Å². The Morgan fingerprint density at radius 1 is 1.00 bits per heavy atom. The van der Waals surface area contributed by atoms with Crippen LogP contribution in [0.1, 0.15) is 0 Å². The van der Waals surface area contributed by atoms with E-state index in [1.165, 1.54) is 11.0 Å². The van der Waals surface area contributed by atoms with E-state index in [-0.39, 0.29) is 20.1 Å². The second kappa shape index (κ2) is 4.82. The van der Waals surface area contributed by atoms with Gasteiger partial charge in [0.1, 0.15) is 0 Å². The Morgan fingerprint density at radius 2 is 1.71 bits per heavy atom. The monoisotopic (exact) mass is 401 g/mol. The molecule has 0 aliphatic heterocycles. The number of aryl methyl sites for hydroxylation is 1. The molecule has 17 heavy (non-hydrogen) atoms. The van der Waals surface area contributed by atoms with Crippen molar-refractivity contribution in [1.82, 2.24) is 9.13 Å². The maximum atomic E-state index is 3.24. The van der Waals surface area contributed by atoms with Crippen molar-refractivity contribution >= 4 is 11.0 Å². The molecule has 3 rings (SSSR count). The van der Waals surface area contributed by atoms with Crippen molar-refractivity contribution in [2.45, 2.75) is 0 Å². The van der Waals surface area contributed by atoms with E-state index in [2.05, 4.69) is 58.9 Å². The first-order valence-electron chi connectivity index (χ1n) is 5.29. The summed E-state index contributed by atoms with van der Waals surface area (Å²) in [7, 11) is 2.06.